The molecule has 8 heteroatoms. The van der Waals surface area contributed by atoms with Crippen LogP contribution in [0.1, 0.15) is 31.5 Å². The third kappa shape index (κ3) is 4.62. The maximum absolute atomic E-state index is 9.96. The van der Waals surface area contributed by atoms with Crippen LogP contribution in [0, 0.1) is 11.3 Å². The second kappa shape index (κ2) is 8.84. The third-order valence-electron chi connectivity index (χ3n) is 4.77. The summed E-state index contributed by atoms with van der Waals surface area (Å²) in [5, 5.41) is 27.0. The number of nitriles is 1. The molecule has 3 aromatic rings. The van der Waals surface area contributed by atoms with Crippen molar-refractivity contribution in [2.75, 3.05) is 19.7 Å². The lowest BCUT2D eigenvalue weighted by Gasteiger charge is -2.18. The first-order valence-electron chi connectivity index (χ1n) is 9.58. The molecule has 4 rings (SSSR count). The molecule has 1 aliphatic heterocycles. The molecule has 0 bridgehead atoms. The summed E-state index contributed by atoms with van der Waals surface area (Å²) in [7, 11) is 0. The first kappa shape index (κ1) is 21.8. The van der Waals surface area contributed by atoms with E-state index in [1.807, 2.05) is 24.4 Å². The lowest BCUT2D eigenvalue weighted by molar-refractivity contribution is 0.0283. The van der Waals surface area contributed by atoms with E-state index < -0.39 is 5.60 Å². The Kier molecular flexibility index (Phi) is 6.42. The second-order valence-corrected chi connectivity index (χ2v) is 7.77. The Morgan fingerprint density at radius 2 is 2.17 bits per heavy atom. The van der Waals surface area contributed by atoms with Gasteiger partial charge in [0.1, 0.15) is 18.4 Å². The largest absolute Gasteiger partial charge is 0.489 e. The van der Waals surface area contributed by atoms with Gasteiger partial charge in [0.15, 0.2) is 0 Å². The van der Waals surface area contributed by atoms with Gasteiger partial charge in [-0.3, -0.25) is 4.98 Å². The topological polar surface area (TPSA) is 95.5 Å². The highest BCUT2D eigenvalue weighted by Gasteiger charge is 2.17. The van der Waals surface area contributed by atoms with Gasteiger partial charge >= 0.3 is 0 Å². The third-order valence-corrected chi connectivity index (χ3v) is 4.77. The first-order chi connectivity index (χ1) is 13.9. The molecule has 3 aromatic heterocycles. The molecule has 0 aromatic carbocycles. The minimum Gasteiger partial charge on any atom is -0.489 e. The Morgan fingerprint density at radius 1 is 1.33 bits per heavy atom. The highest BCUT2D eigenvalue weighted by molar-refractivity contribution is 5.86. The molecule has 0 unspecified atom stereocenters. The Hall–Kier alpha value is -2.92. The molecule has 7 nitrogen and oxygen atoms in total. The summed E-state index contributed by atoms with van der Waals surface area (Å²) in [5.41, 5.74) is 4.13. The predicted molar refractivity (Wildman–Crippen MR) is 118 cm³/mol. The van der Waals surface area contributed by atoms with Crippen LogP contribution >= 0.6 is 12.4 Å². The van der Waals surface area contributed by atoms with Gasteiger partial charge in [-0.25, -0.2) is 4.52 Å². The first-order valence-corrected chi connectivity index (χ1v) is 9.58. The number of aromatic nitrogens is 3. The number of aliphatic hydroxyl groups is 1. The van der Waals surface area contributed by atoms with E-state index in [0.29, 0.717) is 16.8 Å². The van der Waals surface area contributed by atoms with Crippen molar-refractivity contribution >= 4 is 23.5 Å². The Bertz CT molecular complexity index is 1110. The van der Waals surface area contributed by atoms with Gasteiger partial charge in [0.2, 0.25) is 0 Å². The van der Waals surface area contributed by atoms with Crippen LogP contribution < -0.4 is 10.1 Å². The van der Waals surface area contributed by atoms with Crippen LogP contribution in [0.25, 0.3) is 22.2 Å². The fourth-order valence-corrected chi connectivity index (χ4v) is 3.34. The Morgan fingerprint density at radius 3 is 2.80 bits per heavy atom. The number of nitrogens with one attached hydrogen (secondary N) is 1. The number of hydrogen-bond acceptors (Lipinski definition) is 6. The highest BCUT2D eigenvalue weighted by Crippen LogP contribution is 2.31. The monoisotopic (exact) mass is 425 g/mol. The van der Waals surface area contributed by atoms with E-state index in [9.17, 15) is 10.4 Å². The highest BCUT2D eigenvalue weighted by atomic mass is 35.5. The van der Waals surface area contributed by atoms with Crippen molar-refractivity contribution in [2.45, 2.75) is 25.9 Å². The van der Waals surface area contributed by atoms with Crippen LogP contribution in [-0.2, 0) is 0 Å². The van der Waals surface area contributed by atoms with E-state index in [4.69, 9.17) is 4.74 Å². The standard InChI is InChI=1S/C22H23N5O2.ClH/c1-22(2,28)14-29-18-9-19(21-17(10-23)12-26-27(21)13-18)16-3-4-20(25-11-16)15-5-7-24-8-6-15;/h3-5,9,11-13,24,28H,6-8,14H2,1-2H3;1H. The minimum absolute atomic E-state index is 0. The van der Waals surface area contributed by atoms with Gasteiger partial charge in [-0.2, -0.15) is 10.4 Å². The van der Waals surface area contributed by atoms with E-state index in [0.717, 1.165) is 36.3 Å². The smallest absolute Gasteiger partial charge is 0.138 e. The molecular weight excluding hydrogens is 402 g/mol. The molecule has 0 fully saturated rings. The van der Waals surface area contributed by atoms with Crippen molar-refractivity contribution in [1.82, 2.24) is 19.9 Å². The van der Waals surface area contributed by atoms with Crippen LogP contribution in [0.2, 0.25) is 0 Å². The van der Waals surface area contributed by atoms with E-state index in [1.54, 1.807) is 30.8 Å². The van der Waals surface area contributed by atoms with Crippen molar-refractivity contribution < 1.29 is 9.84 Å². The molecule has 30 heavy (non-hydrogen) atoms. The minimum atomic E-state index is -0.956. The molecule has 0 saturated carbocycles. The summed E-state index contributed by atoms with van der Waals surface area (Å²) in [6.45, 7) is 5.33. The normalized spacial score (nSPS) is 14.0. The van der Waals surface area contributed by atoms with Gasteiger partial charge in [-0.15, -0.1) is 12.4 Å². The number of hydrogen-bond donors (Lipinski definition) is 2. The number of ether oxygens (including phenoxy) is 1. The molecule has 0 amide bonds. The summed E-state index contributed by atoms with van der Waals surface area (Å²) < 4.78 is 7.41. The fourth-order valence-electron chi connectivity index (χ4n) is 3.34. The molecule has 2 N–H and O–H groups in total. The number of halogens is 1. The SMILES string of the molecule is CC(C)(O)COc1cc(-c2ccc(C3=CCNCC3)nc2)c2c(C#N)cnn2c1.Cl. The Balaban J connectivity index is 0.00000256. The number of fused-ring (bicyclic) bond motifs is 1. The van der Waals surface area contributed by atoms with E-state index in [1.165, 1.54) is 5.57 Å². The Labute approximate surface area is 181 Å². The van der Waals surface area contributed by atoms with Crippen LogP contribution in [0.4, 0.5) is 0 Å². The fraction of sp³-hybridized carbons (Fsp3) is 0.318. The molecular formula is C22H24ClN5O2. The van der Waals surface area contributed by atoms with Gasteiger partial charge in [0, 0.05) is 23.9 Å². The maximum atomic E-state index is 9.96. The average molecular weight is 426 g/mol. The summed E-state index contributed by atoms with van der Waals surface area (Å²) in [4.78, 5) is 4.65. The average Bonchev–Trinajstić information content (AvgIpc) is 3.15. The number of rotatable bonds is 5. The van der Waals surface area contributed by atoms with Crippen LogP contribution in [0.15, 0.2) is 42.9 Å². The molecule has 4 heterocycles. The van der Waals surface area contributed by atoms with Crippen LogP contribution in [-0.4, -0.2) is 45.0 Å². The molecule has 0 radical (unpaired) electrons. The zero-order valence-electron chi connectivity index (χ0n) is 16.9. The van der Waals surface area contributed by atoms with E-state index >= 15 is 0 Å². The number of nitrogens with zero attached hydrogens (tertiary/aromatic N) is 4. The molecule has 0 spiro atoms. The molecule has 0 atom stereocenters. The van der Waals surface area contributed by atoms with Crippen molar-refractivity contribution in [3.8, 4) is 22.9 Å². The lowest BCUT2D eigenvalue weighted by Crippen LogP contribution is -2.27. The van der Waals surface area contributed by atoms with Crippen molar-refractivity contribution in [3.63, 3.8) is 0 Å². The number of pyridine rings is 2. The molecule has 0 saturated heterocycles. The van der Waals surface area contributed by atoms with Crippen LogP contribution in [0.3, 0.4) is 0 Å². The van der Waals surface area contributed by atoms with Gasteiger partial charge in [-0.1, -0.05) is 12.1 Å². The lowest BCUT2D eigenvalue weighted by atomic mass is 10.0. The van der Waals surface area contributed by atoms with Gasteiger partial charge < -0.3 is 15.2 Å². The zero-order chi connectivity index (χ0) is 20.4. The van der Waals surface area contributed by atoms with Gasteiger partial charge in [0.05, 0.1) is 34.8 Å². The van der Waals surface area contributed by atoms with Crippen molar-refractivity contribution in [3.05, 3.63) is 54.1 Å². The summed E-state index contributed by atoms with van der Waals surface area (Å²) in [6, 6.07) is 8.08. The van der Waals surface area contributed by atoms with Crippen molar-refractivity contribution in [2.24, 2.45) is 0 Å². The molecule has 156 valence electrons. The predicted octanol–water partition coefficient (Wildman–Crippen LogP) is 3.22. The van der Waals surface area contributed by atoms with E-state index in [-0.39, 0.29) is 19.0 Å². The summed E-state index contributed by atoms with van der Waals surface area (Å²) in [5.74, 6) is 0.562. The van der Waals surface area contributed by atoms with Gasteiger partial charge in [-0.05, 0) is 44.5 Å². The van der Waals surface area contributed by atoms with Gasteiger partial charge in [0.25, 0.3) is 0 Å². The van der Waals surface area contributed by atoms with E-state index in [2.05, 4.69) is 27.5 Å². The summed E-state index contributed by atoms with van der Waals surface area (Å²) >= 11 is 0. The quantitative estimate of drug-likeness (QED) is 0.651. The molecule has 1 aliphatic rings. The zero-order valence-corrected chi connectivity index (χ0v) is 17.7. The summed E-state index contributed by atoms with van der Waals surface area (Å²) in [6.07, 6.45) is 8.20. The maximum Gasteiger partial charge on any atom is 0.138 e. The van der Waals surface area contributed by atoms with Crippen LogP contribution in [0.5, 0.6) is 5.75 Å². The second-order valence-electron chi connectivity index (χ2n) is 7.77. The van der Waals surface area contributed by atoms with Crippen molar-refractivity contribution in [1.29, 1.82) is 5.26 Å². The molecule has 0 aliphatic carbocycles.